The Hall–Kier alpha value is -3.16. The fourth-order valence-electron chi connectivity index (χ4n) is 4.39. The molecule has 1 atom stereocenters. The van der Waals surface area contributed by atoms with Gasteiger partial charge in [-0.25, -0.2) is 0 Å². The van der Waals surface area contributed by atoms with Gasteiger partial charge in [0.15, 0.2) is 6.61 Å². The average molecular weight is 652 g/mol. The van der Waals surface area contributed by atoms with Crippen LogP contribution in [0.5, 0.6) is 5.75 Å². The molecule has 0 fully saturated rings. The molecule has 0 saturated heterocycles. The molecule has 0 saturated carbocycles. The largest absolute Gasteiger partial charge is 0.483 e. The van der Waals surface area contributed by atoms with Crippen molar-refractivity contribution in [2.24, 2.45) is 0 Å². The third kappa shape index (κ3) is 7.93. The Morgan fingerprint density at radius 2 is 1.59 bits per heavy atom. The summed E-state index contributed by atoms with van der Waals surface area (Å²) in [6, 6.07) is 28.7. The van der Waals surface area contributed by atoms with E-state index in [0.717, 1.165) is 43.7 Å². The normalized spacial score (nSPS) is 11.7. The number of amides is 2. The van der Waals surface area contributed by atoms with Crippen LogP contribution >= 0.6 is 31.9 Å². The first kappa shape index (κ1) is 28.8. The maximum Gasteiger partial charge on any atom is 0.261 e. The van der Waals surface area contributed by atoms with E-state index in [4.69, 9.17) is 4.74 Å². The van der Waals surface area contributed by atoms with E-state index < -0.39 is 6.04 Å². The summed E-state index contributed by atoms with van der Waals surface area (Å²) < 4.78 is 7.79. The van der Waals surface area contributed by atoms with Crippen molar-refractivity contribution >= 4 is 54.4 Å². The Kier molecular flexibility index (Phi) is 10.6. The highest BCUT2D eigenvalue weighted by molar-refractivity contribution is 9.11. The fourth-order valence-corrected chi connectivity index (χ4v) is 5.27. The Morgan fingerprint density at radius 3 is 2.33 bits per heavy atom. The number of hydrogen-bond donors (Lipinski definition) is 1. The number of benzene rings is 4. The van der Waals surface area contributed by atoms with Crippen LogP contribution in [0.3, 0.4) is 0 Å². The van der Waals surface area contributed by atoms with Crippen molar-refractivity contribution in [1.82, 2.24) is 10.2 Å². The first-order chi connectivity index (χ1) is 19.0. The molecule has 39 heavy (non-hydrogen) atoms. The molecule has 4 rings (SSSR count). The molecule has 4 aromatic carbocycles. The molecule has 0 spiro atoms. The topological polar surface area (TPSA) is 58.6 Å². The number of ether oxygens (including phenoxy) is 1. The maximum absolute atomic E-state index is 13.8. The standard InChI is InChI=1S/C32H32Br2N2O3/c1-2-3-19-35-32(38)28(20-23-9-5-4-6-10-23)36(21-24-13-16-26(33)17-14-24)30(37)22-39-29-18-15-25-11-7-8-12-27(25)31(29)34/h4-18,28H,2-3,19-22H2,1H3,(H,35,38)/t28-/m0/s1. The highest BCUT2D eigenvalue weighted by atomic mass is 79.9. The summed E-state index contributed by atoms with van der Waals surface area (Å²) in [5.41, 5.74) is 1.91. The van der Waals surface area contributed by atoms with Gasteiger partial charge in [0.25, 0.3) is 5.91 Å². The maximum atomic E-state index is 13.8. The third-order valence-corrected chi connectivity index (χ3v) is 7.89. The van der Waals surface area contributed by atoms with Gasteiger partial charge < -0.3 is 15.0 Å². The fraction of sp³-hybridized carbons (Fsp3) is 0.250. The van der Waals surface area contributed by atoms with Crippen molar-refractivity contribution in [2.45, 2.75) is 38.8 Å². The predicted octanol–water partition coefficient (Wildman–Crippen LogP) is 7.30. The summed E-state index contributed by atoms with van der Waals surface area (Å²) in [6.45, 7) is 2.74. The predicted molar refractivity (Wildman–Crippen MR) is 164 cm³/mol. The summed E-state index contributed by atoms with van der Waals surface area (Å²) in [5.74, 6) is 0.159. The van der Waals surface area contributed by atoms with Gasteiger partial charge in [-0.05, 0) is 62.4 Å². The minimum Gasteiger partial charge on any atom is -0.483 e. The van der Waals surface area contributed by atoms with Crippen molar-refractivity contribution in [3.63, 3.8) is 0 Å². The van der Waals surface area contributed by atoms with Crippen molar-refractivity contribution < 1.29 is 14.3 Å². The van der Waals surface area contributed by atoms with Gasteiger partial charge in [-0.3, -0.25) is 9.59 Å². The quantitative estimate of drug-likeness (QED) is 0.164. The lowest BCUT2D eigenvalue weighted by Gasteiger charge is -2.31. The highest BCUT2D eigenvalue weighted by Gasteiger charge is 2.30. The molecule has 0 aliphatic rings. The molecule has 0 bridgehead atoms. The van der Waals surface area contributed by atoms with Crippen LogP contribution in [-0.4, -0.2) is 35.9 Å². The first-order valence-electron chi connectivity index (χ1n) is 13.1. The third-order valence-electron chi connectivity index (χ3n) is 6.55. The zero-order chi connectivity index (χ0) is 27.6. The van der Waals surface area contributed by atoms with Crippen LogP contribution in [0.1, 0.15) is 30.9 Å². The summed E-state index contributed by atoms with van der Waals surface area (Å²) in [5, 5.41) is 5.13. The number of unbranched alkanes of at least 4 members (excludes halogenated alkanes) is 1. The van der Waals surface area contributed by atoms with Gasteiger partial charge in [-0.15, -0.1) is 0 Å². The van der Waals surface area contributed by atoms with Crippen LogP contribution in [0.4, 0.5) is 0 Å². The number of rotatable bonds is 12. The van der Waals surface area contributed by atoms with Crippen LogP contribution in [-0.2, 0) is 22.6 Å². The molecule has 1 N–H and O–H groups in total. The van der Waals surface area contributed by atoms with Gasteiger partial charge in [-0.2, -0.15) is 0 Å². The molecule has 7 heteroatoms. The summed E-state index contributed by atoms with van der Waals surface area (Å²) >= 11 is 7.12. The van der Waals surface area contributed by atoms with Gasteiger partial charge in [0.1, 0.15) is 11.8 Å². The van der Waals surface area contributed by atoms with E-state index in [1.807, 2.05) is 91.0 Å². The molecule has 0 unspecified atom stereocenters. The Morgan fingerprint density at radius 1 is 0.872 bits per heavy atom. The van der Waals surface area contributed by atoms with Crippen molar-refractivity contribution in [1.29, 1.82) is 0 Å². The van der Waals surface area contributed by atoms with E-state index in [1.54, 1.807) is 4.90 Å². The molecule has 5 nitrogen and oxygen atoms in total. The second-order valence-electron chi connectivity index (χ2n) is 9.39. The first-order valence-corrected chi connectivity index (χ1v) is 14.7. The number of hydrogen-bond acceptors (Lipinski definition) is 3. The second-order valence-corrected chi connectivity index (χ2v) is 11.1. The van der Waals surface area contributed by atoms with Crippen LogP contribution in [0, 0.1) is 0 Å². The zero-order valence-electron chi connectivity index (χ0n) is 21.9. The average Bonchev–Trinajstić information content (AvgIpc) is 2.96. The van der Waals surface area contributed by atoms with Gasteiger partial charge in [0.05, 0.1) is 4.47 Å². The molecule has 0 radical (unpaired) electrons. The van der Waals surface area contributed by atoms with Crippen LogP contribution in [0.15, 0.2) is 99.9 Å². The van der Waals surface area contributed by atoms with E-state index in [1.165, 1.54) is 0 Å². The van der Waals surface area contributed by atoms with E-state index >= 15 is 0 Å². The molecule has 202 valence electrons. The molecule has 0 heterocycles. The Labute approximate surface area is 246 Å². The molecular formula is C32H32Br2N2O3. The summed E-state index contributed by atoms with van der Waals surface area (Å²) in [7, 11) is 0. The van der Waals surface area contributed by atoms with Gasteiger partial charge in [0, 0.05) is 24.0 Å². The van der Waals surface area contributed by atoms with Crippen molar-refractivity contribution in [2.75, 3.05) is 13.2 Å². The van der Waals surface area contributed by atoms with Crippen LogP contribution < -0.4 is 10.1 Å². The smallest absolute Gasteiger partial charge is 0.261 e. The van der Waals surface area contributed by atoms with Crippen LogP contribution in [0.25, 0.3) is 10.8 Å². The molecule has 4 aromatic rings. The highest BCUT2D eigenvalue weighted by Crippen LogP contribution is 2.33. The number of halogens is 2. The minimum absolute atomic E-state index is 0.162. The van der Waals surface area contributed by atoms with Gasteiger partial charge >= 0.3 is 0 Å². The van der Waals surface area contributed by atoms with Gasteiger partial charge in [-0.1, -0.05) is 102 Å². The van der Waals surface area contributed by atoms with E-state index in [9.17, 15) is 9.59 Å². The molecule has 0 aliphatic heterocycles. The van der Waals surface area contributed by atoms with Crippen molar-refractivity contribution in [3.8, 4) is 5.75 Å². The van der Waals surface area contributed by atoms with E-state index in [2.05, 4.69) is 44.1 Å². The molecule has 0 aromatic heterocycles. The second kappa shape index (κ2) is 14.3. The lowest BCUT2D eigenvalue weighted by molar-refractivity contribution is -0.142. The number of fused-ring (bicyclic) bond motifs is 1. The van der Waals surface area contributed by atoms with E-state index in [-0.39, 0.29) is 25.0 Å². The number of carbonyl (C=O) groups is 2. The zero-order valence-corrected chi connectivity index (χ0v) is 25.1. The summed E-state index contributed by atoms with van der Waals surface area (Å²) in [6.07, 6.45) is 2.25. The monoisotopic (exact) mass is 650 g/mol. The van der Waals surface area contributed by atoms with Crippen LogP contribution in [0.2, 0.25) is 0 Å². The molecule has 0 aliphatic carbocycles. The number of nitrogens with one attached hydrogen (secondary N) is 1. The van der Waals surface area contributed by atoms with Crippen molar-refractivity contribution in [3.05, 3.63) is 111 Å². The number of carbonyl (C=O) groups excluding carboxylic acids is 2. The SMILES string of the molecule is CCCCNC(=O)[C@H](Cc1ccccc1)N(Cc1ccc(Br)cc1)C(=O)COc1ccc2ccccc2c1Br. The lowest BCUT2D eigenvalue weighted by Crippen LogP contribution is -2.51. The summed E-state index contributed by atoms with van der Waals surface area (Å²) in [4.78, 5) is 29.0. The van der Waals surface area contributed by atoms with E-state index in [0.29, 0.717) is 18.7 Å². The Balaban J connectivity index is 1.61. The molecule has 2 amide bonds. The van der Waals surface area contributed by atoms with Gasteiger partial charge in [0.2, 0.25) is 5.91 Å². The minimum atomic E-state index is -0.691. The lowest BCUT2D eigenvalue weighted by atomic mass is 10.0. The Bertz CT molecular complexity index is 1390. The number of nitrogens with zero attached hydrogens (tertiary/aromatic N) is 1. The molecular weight excluding hydrogens is 620 g/mol.